The largest absolute Gasteiger partial charge is 0.463 e. The molecule has 84 valence electrons. The van der Waals surface area contributed by atoms with E-state index in [9.17, 15) is 4.79 Å². The zero-order valence-electron chi connectivity index (χ0n) is 9.51. The predicted octanol–water partition coefficient (Wildman–Crippen LogP) is 1.50. The van der Waals surface area contributed by atoms with Gasteiger partial charge in [-0.25, -0.2) is 4.79 Å². The van der Waals surface area contributed by atoms with E-state index in [1.54, 1.807) is 6.92 Å². The highest BCUT2D eigenvalue weighted by Gasteiger charge is 2.09. The van der Waals surface area contributed by atoms with Crippen molar-refractivity contribution < 1.29 is 9.53 Å². The molecule has 0 amide bonds. The molecule has 3 nitrogen and oxygen atoms in total. The van der Waals surface area contributed by atoms with E-state index in [1.165, 1.54) is 0 Å². The predicted molar refractivity (Wildman–Crippen MR) is 61.3 cm³/mol. The summed E-state index contributed by atoms with van der Waals surface area (Å²) in [7, 11) is 0. The molecule has 1 N–H and O–H groups in total. The average molecular weight is 209 g/mol. The van der Waals surface area contributed by atoms with Crippen molar-refractivity contribution in [3.8, 4) is 12.3 Å². The Bertz CT molecular complexity index is 253. The fourth-order valence-electron chi connectivity index (χ4n) is 1.08. The minimum atomic E-state index is -0.364. The standard InChI is InChI=1S/C12H19NO2/c1-5-8-11(6-2)13-9-10(4)12(14)15-7-3/h2,11,13H,4-5,7-9H2,1,3H3. The Labute approximate surface area is 91.9 Å². The smallest absolute Gasteiger partial charge is 0.334 e. The molecule has 0 aliphatic heterocycles. The summed E-state index contributed by atoms with van der Waals surface area (Å²) in [6, 6.07) is 0.00109. The lowest BCUT2D eigenvalue weighted by Gasteiger charge is -2.12. The summed E-state index contributed by atoms with van der Waals surface area (Å²) in [5, 5.41) is 3.07. The van der Waals surface area contributed by atoms with Gasteiger partial charge < -0.3 is 4.74 Å². The second-order valence-electron chi connectivity index (χ2n) is 3.21. The van der Waals surface area contributed by atoms with E-state index in [4.69, 9.17) is 11.2 Å². The van der Waals surface area contributed by atoms with Gasteiger partial charge in [-0.3, -0.25) is 5.32 Å². The van der Waals surface area contributed by atoms with Crippen LogP contribution in [0.15, 0.2) is 12.2 Å². The zero-order chi connectivity index (χ0) is 11.7. The number of esters is 1. The summed E-state index contributed by atoms with van der Waals surface area (Å²) < 4.78 is 4.80. The van der Waals surface area contributed by atoms with Crippen molar-refractivity contribution in [2.45, 2.75) is 32.7 Å². The van der Waals surface area contributed by atoms with Crippen LogP contribution in [0.25, 0.3) is 0 Å². The summed E-state index contributed by atoms with van der Waals surface area (Å²) in [4.78, 5) is 11.2. The van der Waals surface area contributed by atoms with E-state index in [0.717, 1.165) is 12.8 Å². The molecule has 0 bridgehead atoms. The molecular formula is C12H19NO2. The Kier molecular flexibility index (Phi) is 7.39. The average Bonchev–Trinajstić information content (AvgIpc) is 2.24. The first-order valence-electron chi connectivity index (χ1n) is 5.20. The van der Waals surface area contributed by atoms with E-state index < -0.39 is 0 Å². The van der Waals surface area contributed by atoms with E-state index >= 15 is 0 Å². The summed E-state index contributed by atoms with van der Waals surface area (Å²) in [5.41, 5.74) is 0.410. The minimum absolute atomic E-state index is 0.00109. The van der Waals surface area contributed by atoms with Crippen molar-refractivity contribution in [2.75, 3.05) is 13.2 Å². The fourth-order valence-corrected chi connectivity index (χ4v) is 1.08. The number of carbonyl (C=O) groups excluding carboxylic acids is 1. The van der Waals surface area contributed by atoms with Gasteiger partial charge in [0.25, 0.3) is 0 Å². The van der Waals surface area contributed by atoms with E-state index in [-0.39, 0.29) is 12.0 Å². The molecule has 0 spiro atoms. The van der Waals surface area contributed by atoms with Gasteiger partial charge in [0.2, 0.25) is 0 Å². The maximum Gasteiger partial charge on any atom is 0.334 e. The van der Waals surface area contributed by atoms with Crippen LogP contribution >= 0.6 is 0 Å². The van der Waals surface area contributed by atoms with Gasteiger partial charge >= 0.3 is 5.97 Å². The molecule has 0 heterocycles. The van der Waals surface area contributed by atoms with Crippen LogP contribution in [-0.2, 0) is 9.53 Å². The topological polar surface area (TPSA) is 38.3 Å². The lowest BCUT2D eigenvalue weighted by molar-refractivity contribution is -0.138. The summed E-state index contributed by atoms with van der Waals surface area (Å²) in [6.07, 6.45) is 7.22. The molecule has 15 heavy (non-hydrogen) atoms. The molecule has 1 atom stereocenters. The van der Waals surface area contributed by atoms with Gasteiger partial charge in [-0.15, -0.1) is 6.42 Å². The lowest BCUT2D eigenvalue weighted by atomic mass is 10.1. The van der Waals surface area contributed by atoms with Crippen LogP contribution in [0.4, 0.5) is 0 Å². The van der Waals surface area contributed by atoms with Crippen LogP contribution in [0.2, 0.25) is 0 Å². The summed E-state index contributed by atoms with van der Waals surface area (Å²) in [6.45, 7) is 8.21. The van der Waals surface area contributed by atoms with Gasteiger partial charge in [-0.05, 0) is 13.3 Å². The van der Waals surface area contributed by atoms with Gasteiger partial charge in [0.1, 0.15) is 0 Å². The maximum atomic E-state index is 11.2. The number of nitrogens with one attached hydrogen (secondary N) is 1. The third kappa shape index (κ3) is 5.92. The van der Waals surface area contributed by atoms with E-state index in [0.29, 0.717) is 18.7 Å². The first-order valence-corrected chi connectivity index (χ1v) is 5.20. The Hall–Kier alpha value is -1.27. The SMILES string of the molecule is C#CC(CCC)NCC(=C)C(=O)OCC. The molecule has 0 saturated carbocycles. The maximum absolute atomic E-state index is 11.2. The highest BCUT2D eigenvalue weighted by molar-refractivity contribution is 5.88. The van der Waals surface area contributed by atoms with Gasteiger partial charge in [-0.2, -0.15) is 0 Å². The number of carbonyl (C=O) groups is 1. The van der Waals surface area contributed by atoms with Crippen LogP contribution in [-0.4, -0.2) is 25.2 Å². The Balaban J connectivity index is 3.88. The van der Waals surface area contributed by atoms with Crippen LogP contribution in [0, 0.1) is 12.3 Å². The molecule has 0 saturated heterocycles. The summed E-state index contributed by atoms with van der Waals surface area (Å²) in [5.74, 6) is 2.26. The normalized spacial score (nSPS) is 11.5. The fraction of sp³-hybridized carbons (Fsp3) is 0.583. The Morgan fingerprint density at radius 2 is 2.27 bits per heavy atom. The number of rotatable bonds is 7. The van der Waals surface area contributed by atoms with Crippen molar-refractivity contribution in [1.29, 1.82) is 0 Å². The van der Waals surface area contributed by atoms with Gasteiger partial charge in [0.15, 0.2) is 0 Å². The number of ether oxygens (including phenoxy) is 1. The molecular weight excluding hydrogens is 190 g/mol. The first kappa shape index (κ1) is 13.7. The van der Waals surface area contributed by atoms with Crippen molar-refractivity contribution >= 4 is 5.97 Å². The Morgan fingerprint density at radius 1 is 1.60 bits per heavy atom. The first-order chi connectivity index (χ1) is 7.15. The van der Waals surface area contributed by atoms with Crippen LogP contribution in [0.3, 0.4) is 0 Å². The monoisotopic (exact) mass is 209 g/mol. The summed E-state index contributed by atoms with van der Waals surface area (Å²) >= 11 is 0. The molecule has 0 radical (unpaired) electrons. The molecule has 0 aliphatic rings. The molecule has 0 rings (SSSR count). The second-order valence-corrected chi connectivity index (χ2v) is 3.21. The highest BCUT2D eigenvalue weighted by atomic mass is 16.5. The van der Waals surface area contributed by atoms with Crippen molar-refractivity contribution in [3.05, 3.63) is 12.2 Å². The van der Waals surface area contributed by atoms with Crippen LogP contribution < -0.4 is 5.32 Å². The third-order valence-electron chi connectivity index (χ3n) is 1.90. The number of terminal acetylenes is 1. The van der Waals surface area contributed by atoms with Crippen LogP contribution in [0.1, 0.15) is 26.7 Å². The number of hydrogen-bond acceptors (Lipinski definition) is 3. The van der Waals surface area contributed by atoms with Crippen LogP contribution in [0.5, 0.6) is 0 Å². The second kappa shape index (κ2) is 8.07. The molecule has 3 heteroatoms. The lowest BCUT2D eigenvalue weighted by Crippen LogP contribution is -2.31. The number of hydrogen-bond donors (Lipinski definition) is 1. The minimum Gasteiger partial charge on any atom is -0.463 e. The van der Waals surface area contributed by atoms with Crippen molar-refractivity contribution in [2.24, 2.45) is 0 Å². The van der Waals surface area contributed by atoms with Crippen molar-refractivity contribution in [3.63, 3.8) is 0 Å². The molecule has 0 fully saturated rings. The van der Waals surface area contributed by atoms with E-state index in [1.807, 2.05) is 0 Å². The van der Waals surface area contributed by atoms with Gasteiger partial charge in [-0.1, -0.05) is 25.8 Å². The molecule has 0 aromatic rings. The van der Waals surface area contributed by atoms with E-state index in [2.05, 4.69) is 24.7 Å². The molecule has 1 unspecified atom stereocenters. The highest BCUT2D eigenvalue weighted by Crippen LogP contribution is 1.98. The molecule has 0 aromatic carbocycles. The zero-order valence-corrected chi connectivity index (χ0v) is 9.51. The third-order valence-corrected chi connectivity index (χ3v) is 1.90. The quantitative estimate of drug-likeness (QED) is 0.392. The Morgan fingerprint density at radius 3 is 2.73 bits per heavy atom. The molecule has 0 aromatic heterocycles. The van der Waals surface area contributed by atoms with Crippen molar-refractivity contribution in [1.82, 2.24) is 5.32 Å². The van der Waals surface area contributed by atoms with Gasteiger partial charge in [0, 0.05) is 12.1 Å². The molecule has 0 aliphatic carbocycles. The van der Waals surface area contributed by atoms with Gasteiger partial charge in [0.05, 0.1) is 12.6 Å².